The van der Waals surface area contributed by atoms with Crippen molar-refractivity contribution in [1.82, 2.24) is 0 Å². The summed E-state index contributed by atoms with van der Waals surface area (Å²) in [5.74, 6) is 0.760. The van der Waals surface area contributed by atoms with E-state index in [4.69, 9.17) is 9.47 Å². The fraction of sp³-hybridized carbons (Fsp3) is 0.167. The molecule has 2 aromatic carbocycles. The lowest BCUT2D eigenvalue weighted by molar-refractivity contribution is 0.104. The van der Waals surface area contributed by atoms with Gasteiger partial charge < -0.3 is 9.47 Å². The highest BCUT2D eigenvalue weighted by atomic mass is 16.5. The Hall–Kier alpha value is -2.33. The molecule has 2 rings (SSSR count). The summed E-state index contributed by atoms with van der Waals surface area (Å²) in [6.07, 6.45) is 3.41. The molecule has 22 heavy (non-hydrogen) atoms. The van der Waals surface area contributed by atoms with Crippen molar-refractivity contribution in [1.29, 1.82) is 0 Å². The topological polar surface area (TPSA) is 35.5 Å². The average molecular weight is 294 g/mol. The molecule has 0 spiro atoms. The molecule has 112 valence electrons. The van der Waals surface area contributed by atoms with Crippen LogP contribution in [0.4, 0.5) is 0 Å². The number of allylic oxidation sites excluding steroid dienone is 1. The second-order valence-electron chi connectivity index (χ2n) is 4.93. The van der Waals surface area contributed by atoms with Crippen LogP contribution < -0.4 is 10.2 Å². The molecule has 0 aromatic heterocycles. The number of hydrogen-bond donors (Lipinski definition) is 0. The summed E-state index contributed by atoms with van der Waals surface area (Å²) in [5.41, 5.74) is 2.60. The summed E-state index contributed by atoms with van der Waals surface area (Å²) in [6.45, 7) is 1.04. The van der Waals surface area contributed by atoms with E-state index in [1.807, 2.05) is 56.4 Å². The van der Waals surface area contributed by atoms with Crippen molar-refractivity contribution in [3.8, 4) is 5.75 Å². The first-order valence-electron chi connectivity index (χ1n) is 7.20. The predicted octanol–water partition coefficient (Wildman–Crippen LogP) is 1.87. The van der Waals surface area contributed by atoms with Gasteiger partial charge in [-0.25, -0.2) is 0 Å². The first-order chi connectivity index (χ1) is 10.7. The molecule has 4 heteroatoms. The van der Waals surface area contributed by atoms with Crippen LogP contribution in [0, 0.1) is 0 Å². The van der Waals surface area contributed by atoms with E-state index >= 15 is 0 Å². The Kier molecular flexibility index (Phi) is 5.98. The van der Waals surface area contributed by atoms with E-state index in [-0.39, 0.29) is 5.78 Å². The van der Waals surface area contributed by atoms with Gasteiger partial charge >= 0.3 is 0 Å². The van der Waals surface area contributed by atoms with Crippen molar-refractivity contribution >= 4 is 25.2 Å². The molecule has 0 fully saturated rings. The Morgan fingerprint density at radius 1 is 1.14 bits per heavy atom. The van der Waals surface area contributed by atoms with Gasteiger partial charge in [0.2, 0.25) is 0 Å². The van der Waals surface area contributed by atoms with Crippen LogP contribution in [0.3, 0.4) is 0 Å². The highest BCUT2D eigenvalue weighted by molar-refractivity contribution is 6.34. The Bertz CT molecular complexity index is 651. The smallest absolute Gasteiger partial charge is 0.185 e. The van der Waals surface area contributed by atoms with Crippen LogP contribution in [-0.4, -0.2) is 34.0 Å². The number of benzene rings is 2. The lowest BCUT2D eigenvalue weighted by Gasteiger charge is -2.09. The molecule has 0 aliphatic carbocycles. The number of ether oxygens (including phenoxy) is 2. The summed E-state index contributed by atoms with van der Waals surface area (Å²) >= 11 is 0. The fourth-order valence-electron chi connectivity index (χ4n) is 2.03. The summed E-state index contributed by atoms with van der Waals surface area (Å²) in [6, 6.07) is 15.2. The van der Waals surface area contributed by atoms with E-state index in [1.165, 1.54) is 0 Å². The third-order valence-electron chi connectivity index (χ3n) is 3.23. The van der Waals surface area contributed by atoms with Gasteiger partial charge in [-0.05, 0) is 29.2 Å². The van der Waals surface area contributed by atoms with Crippen LogP contribution in [0.15, 0.2) is 54.6 Å². The Labute approximate surface area is 132 Å². The molecule has 0 bridgehead atoms. The van der Waals surface area contributed by atoms with Gasteiger partial charge in [0.1, 0.15) is 20.2 Å². The van der Waals surface area contributed by atoms with E-state index in [0.717, 1.165) is 16.8 Å². The zero-order chi connectivity index (χ0) is 15.8. The minimum atomic E-state index is -0.0182. The van der Waals surface area contributed by atoms with Gasteiger partial charge in [-0.3, -0.25) is 4.79 Å². The van der Waals surface area contributed by atoms with E-state index in [9.17, 15) is 4.79 Å². The molecule has 0 heterocycles. The first kappa shape index (κ1) is 16.1. The predicted molar refractivity (Wildman–Crippen MR) is 91.8 cm³/mol. The fourth-order valence-corrected chi connectivity index (χ4v) is 2.03. The van der Waals surface area contributed by atoms with Crippen LogP contribution in [0.25, 0.3) is 6.08 Å². The third-order valence-corrected chi connectivity index (χ3v) is 3.23. The van der Waals surface area contributed by atoms with E-state index < -0.39 is 0 Å². The molecule has 3 nitrogen and oxygen atoms in total. The van der Waals surface area contributed by atoms with Crippen molar-refractivity contribution < 1.29 is 14.3 Å². The molecular formula is C18H19BO3. The molecule has 0 saturated heterocycles. The van der Waals surface area contributed by atoms with Crippen LogP contribution in [-0.2, 0) is 4.74 Å². The lowest BCUT2D eigenvalue weighted by Crippen LogP contribution is -2.14. The van der Waals surface area contributed by atoms with Crippen molar-refractivity contribution in [2.24, 2.45) is 0 Å². The van der Waals surface area contributed by atoms with Crippen molar-refractivity contribution in [2.75, 3.05) is 20.3 Å². The minimum absolute atomic E-state index is 0.0182. The van der Waals surface area contributed by atoms with Gasteiger partial charge in [-0.1, -0.05) is 42.5 Å². The molecule has 0 saturated carbocycles. The van der Waals surface area contributed by atoms with Crippen molar-refractivity contribution in [3.63, 3.8) is 0 Å². The minimum Gasteiger partial charge on any atom is -0.492 e. The maximum atomic E-state index is 12.2. The highest BCUT2D eigenvalue weighted by Crippen LogP contribution is 2.11. The van der Waals surface area contributed by atoms with E-state index in [1.54, 1.807) is 19.3 Å². The van der Waals surface area contributed by atoms with E-state index in [2.05, 4.69) is 0 Å². The molecule has 2 aromatic rings. The quantitative estimate of drug-likeness (QED) is 0.338. The zero-order valence-corrected chi connectivity index (χ0v) is 12.9. The van der Waals surface area contributed by atoms with Gasteiger partial charge in [0.25, 0.3) is 0 Å². The normalized spacial score (nSPS) is 10.8. The monoisotopic (exact) mass is 294 g/mol. The number of ketones is 1. The Morgan fingerprint density at radius 2 is 1.91 bits per heavy atom. The van der Waals surface area contributed by atoms with Crippen molar-refractivity contribution in [2.45, 2.75) is 0 Å². The molecule has 0 atom stereocenters. The molecule has 0 amide bonds. The maximum absolute atomic E-state index is 12.2. The molecule has 0 unspecified atom stereocenters. The molecule has 0 N–H and O–H groups in total. The van der Waals surface area contributed by atoms with Gasteiger partial charge in [-0.2, -0.15) is 0 Å². The summed E-state index contributed by atoms with van der Waals surface area (Å²) in [7, 11) is 3.57. The number of carbonyl (C=O) groups excluding carboxylic acids is 1. The Morgan fingerprint density at radius 3 is 2.59 bits per heavy atom. The molecule has 0 aliphatic heterocycles. The maximum Gasteiger partial charge on any atom is 0.185 e. The summed E-state index contributed by atoms with van der Waals surface area (Å²) in [4.78, 5) is 12.2. The lowest BCUT2D eigenvalue weighted by atomic mass is 9.92. The highest BCUT2D eigenvalue weighted by Gasteiger charge is 2.06. The van der Waals surface area contributed by atoms with Crippen LogP contribution in [0.5, 0.6) is 5.75 Å². The standard InChI is InChI=1S/C18H19BO3/c1-21-11-12-22-18-10-8-15(13-16(18)19)17(20)9-7-14-5-3-2-4-6-14/h2-10,13H,11-12,19H2,1H3/b9-7+. The van der Waals surface area contributed by atoms with Gasteiger partial charge in [0, 0.05) is 12.7 Å². The number of methoxy groups -OCH3 is 1. The largest absolute Gasteiger partial charge is 0.492 e. The second-order valence-corrected chi connectivity index (χ2v) is 4.93. The molecule has 0 radical (unpaired) electrons. The summed E-state index contributed by atoms with van der Waals surface area (Å²) in [5, 5.41) is 0. The number of carbonyl (C=O) groups is 1. The van der Waals surface area contributed by atoms with Gasteiger partial charge in [-0.15, -0.1) is 0 Å². The Balaban J connectivity index is 2.04. The molecule has 0 aliphatic rings. The average Bonchev–Trinajstić information content (AvgIpc) is 2.55. The van der Waals surface area contributed by atoms with Crippen LogP contribution in [0.1, 0.15) is 15.9 Å². The van der Waals surface area contributed by atoms with E-state index in [0.29, 0.717) is 18.8 Å². The van der Waals surface area contributed by atoms with Crippen molar-refractivity contribution in [3.05, 3.63) is 65.7 Å². The third kappa shape index (κ3) is 4.60. The summed E-state index contributed by atoms with van der Waals surface area (Å²) < 4.78 is 10.5. The van der Waals surface area contributed by atoms with Gasteiger partial charge in [0.05, 0.1) is 6.61 Å². The number of rotatable bonds is 7. The van der Waals surface area contributed by atoms with Crippen LogP contribution in [0.2, 0.25) is 0 Å². The van der Waals surface area contributed by atoms with Crippen LogP contribution >= 0.6 is 0 Å². The second kappa shape index (κ2) is 8.20. The molecular weight excluding hydrogens is 275 g/mol. The number of hydrogen-bond acceptors (Lipinski definition) is 3. The van der Waals surface area contributed by atoms with Gasteiger partial charge in [0.15, 0.2) is 5.78 Å². The first-order valence-corrected chi connectivity index (χ1v) is 7.20. The SMILES string of the molecule is Bc1cc(C(=O)/C=C/c2ccccc2)ccc1OCCOC. The zero-order valence-electron chi connectivity index (χ0n) is 12.9.